The summed E-state index contributed by atoms with van der Waals surface area (Å²) < 4.78 is 1.93. The quantitative estimate of drug-likeness (QED) is 0.633. The second kappa shape index (κ2) is 2.48. The molecule has 1 N–H and O–H groups in total. The lowest BCUT2D eigenvalue weighted by atomic mass is 10.1. The van der Waals surface area contributed by atoms with E-state index < -0.39 is 0 Å². The number of hydrogen-bond acceptors (Lipinski definition) is 2. The summed E-state index contributed by atoms with van der Waals surface area (Å²) in [6, 6.07) is 1.94. The first-order valence-corrected chi connectivity index (χ1v) is 3.73. The zero-order chi connectivity index (χ0) is 8.55. The summed E-state index contributed by atoms with van der Waals surface area (Å²) in [5.41, 5.74) is 4.25. The molecule has 1 aliphatic rings. The molecule has 0 saturated carbocycles. The highest BCUT2D eigenvalue weighted by Crippen LogP contribution is 2.08. The van der Waals surface area contributed by atoms with Gasteiger partial charge in [-0.15, -0.1) is 0 Å². The Morgan fingerprint density at radius 2 is 2.50 bits per heavy atom. The second-order valence-electron chi connectivity index (χ2n) is 2.84. The molecule has 0 unspecified atom stereocenters. The Labute approximate surface area is 69.9 Å². The first-order valence-electron chi connectivity index (χ1n) is 3.73. The van der Waals surface area contributed by atoms with Crippen molar-refractivity contribution >= 4 is 11.6 Å². The predicted octanol–water partition coefficient (Wildman–Crippen LogP) is 0.249. The molecule has 2 rings (SSSR count). The minimum Gasteiger partial charge on any atom is -0.357 e. The summed E-state index contributed by atoms with van der Waals surface area (Å²) in [5.74, 6) is -0.0335. The molecule has 1 aliphatic heterocycles. The van der Waals surface area contributed by atoms with Crippen LogP contribution in [0.2, 0.25) is 0 Å². The fourth-order valence-electron chi connectivity index (χ4n) is 1.20. The molecule has 1 aromatic heterocycles. The van der Waals surface area contributed by atoms with E-state index in [1.807, 2.05) is 30.1 Å². The summed E-state index contributed by atoms with van der Waals surface area (Å²) in [7, 11) is 1.94. The standard InChI is InChI=1S/C8H9N3O/c1-11-3-2-6(5-11)7-4-8(12)10-9-7/h2-3,5H,4H2,1H3,(H,10,12). The third-order valence-corrected chi connectivity index (χ3v) is 1.81. The smallest absolute Gasteiger partial charge is 0.246 e. The third kappa shape index (κ3) is 1.11. The number of nitrogens with one attached hydrogen (secondary N) is 1. The van der Waals surface area contributed by atoms with E-state index >= 15 is 0 Å². The van der Waals surface area contributed by atoms with E-state index in [0.29, 0.717) is 6.42 Å². The van der Waals surface area contributed by atoms with Gasteiger partial charge in [-0.05, 0) is 6.07 Å². The minimum absolute atomic E-state index is 0.0335. The SMILES string of the molecule is Cn1ccc(C2=NNC(=O)C2)c1. The summed E-state index contributed by atoms with van der Waals surface area (Å²) in [6.45, 7) is 0. The normalized spacial score (nSPS) is 16.1. The molecule has 0 saturated heterocycles. The topological polar surface area (TPSA) is 46.4 Å². The molecule has 2 heterocycles. The van der Waals surface area contributed by atoms with E-state index in [2.05, 4.69) is 10.5 Å². The molecule has 4 heteroatoms. The van der Waals surface area contributed by atoms with Crippen molar-refractivity contribution < 1.29 is 4.79 Å². The van der Waals surface area contributed by atoms with Gasteiger partial charge in [-0.3, -0.25) is 4.79 Å². The van der Waals surface area contributed by atoms with Crippen LogP contribution in [0, 0.1) is 0 Å². The molecule has 0 radical (unpaired) electrons. The largest absolute Gasteiger partial charge is 0.357 e. The van der Waals surface area contributed by atoms with Crippen LogP contribution in [0.1, 0.15) is 12.0 Å². The third-order valence-electron chi connectivity index (χ3n) is 1.81. The highest BCUT2D eigenvalue weighted by molar-refractivity contribution is 6.13. The maximum Gasteiger partial charge on any atom is 0.246 e. The van der Waals surface area contributed by atoms with Gasteiger partial charge in [0.15, 0.2) is 0 Å². The van der Waals surface area contributed by atoms with Gasteiger partial charge in [0, 0.05) is 25.0 Å². The molecule has 4 nitrogen and oxygen atoms in total. The number of hydrazone groups is 1. The summed E-state index contributed by atoms with van der Waals surface area (Å²) in [4.78, 5) is 10.8. The maximum atomic E-state index is 10.8. The van der Waals surface area contributed by atoms with Crippen molar-refractivity contribution in [2.24, 2.45) is 12.1 Å². The Morgan fingerprint density at radius 3 is 3.00 bits per heavy atom. The molecule has 62 valence electrons. The Kier molecular flexibility index (Phi) is 1.46. The molecule has 0 aliphatic carbocycles. The molecule has 0 bridgehead atoms. The van der Waals surface area contributed by atoms with Crippen molar-refractivity contribution in [1.82, 2.24) is 9.99 Å². The Bertz CT molecular complexity index is 351. The van der Waals surface area contributed by atoms with Crippen molar-refractivity contribution in [1.29, 1.82) is 0 Å². The lowest BCUT2D eigenvalue weighted by molar-refractivity contribution is -0.119. The van der Waals surface area contributed by atoms with Crippen LogP contribution >= 0.6 is 0 Å². The zero-order valence-electron chi connectivity index (χ0n) is 6.74. The fraction of sp³-hybridized carbons (Fsp3) is 0.250. The van der Waals surface area contributed by atoms with Crippen LogP contribution in [-0.4, -0.2) is 16.2 Å². The zero-order valence-corrected chi connectivity index (χ0v) is 6.74. The van der Waals surface area contributed by atoms with Gasteiger partial charge >= 0.3 is 0 Å². The molecule has 1 aromatic rings. The summed E-state index contributed by atoms with van der Waals surface area (Å²) >= 11 is 0. The van der Waals surface area contributed by atoms with E-state index in [4.69, 9.17) is 0 Å². The van der Waals surface area contributed by atoms with E-state index in [9.17, 15) is 4.79 Å². The average molecular weight is 163 g/mol. The van der Waals surface area contributed by atoms with Crippen LogP contribution in [0.5, 0.6) is 0 Å². The number of carbonyl (C=O) groups is 1. The van der Waals surface area contributed by atoms with Crippen LogP contribution in [0.3, 0.4) is 0 Å². The molecular formula is C8H9N3O. The summed E-state index contributed by atoms with van der Waals surface area (Å²) in [6.07, 6.45) is 4.27. The second-order valence-corrected chi connectivity index (χ2v) is 2.84. The number of rotatable bonds is 1. The molecule has 0 atom stereocenters. The minimum atomic E-state index is -0.0335. The lowest BCUT2D eigenvalue weighted by Gasteiger charge is -1.90. The Hall–Kier alpha value is -1.58. The van der Waals surface area contributed by atoms with E-state index in [0.717, 1.165) is 11.3 Å². The van der Waals surface area contributed by atoms with Gasteiger partial charge in [0.1, 0.15) is 0 Å². The van der Waals surface area contributed by atoms with Gasteiger partial charge in [0.25, 0.3) is 0 Å². The maximum absolute atomic E-state index is 10.8. The van der Waals surface area contributed by atoms with Gasteiger partial charge in [-0.25, -0.2) is 5.43 Å². The van der Waals surface area contributed by atoms with Gasteiger partial charge in [0.2, 0.25) is 5.91 Å². The molecule has 1 amide bonds. The Morgan fingerprint density at radius 1 is 1.67 bits per heavy atom. The summed E-state index contributed by atoms with van der Waals surface area (Å²) in [5, 5.41) is 3.90. The van der Waals surface area contributed by atoms with Crippen LogP contribution in [0.15, 0.2) is 23.6 Å². The van der Waals surface area contributed by atoms with Gasteiger partial charge in [-0.2, -0.15) is 5.10 Å². The molecule has 0 fully saturated rings. The number of hydrogen-bond donors (Lipinski definition) is 1. The predicted molar refractivity (Wildman–Crippen MR) is 44.7 cm³/mol. The number of nitrogens with zero attached hydrogens (tertiary/aromatic N) is 2. The average Bonchev–Trinajstić information content (AvgIpc) is 2.58. The van der Waals surface area contributed by atoms with Crippen molar-refractivity contribution in [3.8, 4) is 0 Å². The van der Waals surface area contributed by atoms with E-state index in [1.165, 1.54) is 0 Å². The van der Waals surface area contributed by atoms with Gasteiger partial charge < -0.3 is 4.57 Å². The number of aromatic nitrogens is 1. The highest BCUT2D eigenvalue weighted by atomic mass is 16.2. The molecule has 12 heavy (non-hydrogen) atoms. The van der Waals surface area contributed by atoms with Crippen molar-refractivity contribution in [3.05, 3.63) is 24.0 Å². The van der Waals surface area contributed by atoms with Gasteiger partial charge in [0.05, 0.1) is 12.1 Å². The molecule has 0 spiro atoms. The van der Waals surface area contributed by atoms with E-state index in [-0.39, 0.29) is 5.91 Å². The van der Waals surface area contributed by atoms with Crippen LogP contribution in [0.4, 0.5) is 0 Å². The van der Waals surface area contributed by atoms with Crippen molar-refractivity contribution in [2.75, 3.05) is 0 Å². The number of carbonyl (C=O) groups excluding carboxylic acids is 1. The van der Waals surface area contributed by atoms with E-state index in [1.54, 1.807) is 0 Å². The first kappa shape index (κ1) is 7.09. The lowest BCUT2D eigenvalue weighted by Crippen LogP contribution is -2.09. The number of amides is 1. The molecular weight excluding hydrogens is 154 g/mol. The molecule has 0 aromatic carbocycles. The van der Waals surface area contributed by atoms with Crippen LogP contribution < -0.4 is 5.43 Å². The number of aryl methyl sites for hydroxylation is 1. The van der Waals surface area contributed by atoms with Crippen molar-refractivity contribution in [2.45, 2.75) is 6.42 Å². The first-order chi connectivity index (χ1) is 5.75. The van der Waals surface area contributed by atoms with Gasteiger partial charge in [-0.1, -0.05) is 0 Å². The Balaban J connectivity index is 2.27. The van der Waals surface area contributed by atoms with Crippen LogP contribution in [-0.2, 0) is 11.8 Å². The highest BCUT2D eigenvalue weighted by Gasteiger charge is 2.16. The fourth-order valence-corrected chi connectivity index (χ4v) is 1.20. The monoisotopic (exact) mass is 163 g/mol. The van der Waals surface area contributed by atoms with Crippen LogP contribution in [0.25, 0.3) is 0 Å². The van der Waals surface area contributed by atoms with Crippen molar-refractivity contribution in [3.63, 3.8) is 0 Å².